The van der Waals surface area contributed by atoms with Gasteiger partial charge in [0.25, 0.3) is 5.24 Å². The summed E-state index contributed by atoms with van der Waals surface area (Å²) < 4.78 is 4.82. The van der Waals surface area contributed by atoms with E-state index in [1.54, 1.807) is 7.11 Å². The molecule has 0 aliphatic carbocycles. The molecule has 0 aromatic heterocycles. The molecule has 1 N–H and O–H groups in total. The van der Waals surface area contributed by atoms with Crippen molar-refractivity contribution in [2.24, 2.45) is 0 Å². The van der Waals surface area contributed by atoms with Gasteiger partial charge in [0.1, 0.15) is 0 Å². The molecule has 1 amide bonds. The molecule has 1 rings (SSSR count). The highest BCUT2D eigenvalue weighted by Gasteiger charge is 2.01. The number of rotatable bonds is 4. The third-order valence-electron chi connectivity index (χ3n) is 1.53. The minimum absolute atomic E-state index is 0.0479. The van der Waals surface area contributed by atoms with Crippen molar-refractivity contribution in [3.63, 3.8) is 0 Å². The van der Waals surface area contributed by atoms with Crippen LogP contribution in [0.4, 0.5) is 4.79 Å². The second kappa shape index (κ2) is 6.45. The number of methoxy groups -OCH3 is 1. The molecule has 14 heavy (non-hydrogen) atoms. The Bertz CT molecular complexity index is 277. The smallest absolute Gasteiger partial charge is 0.283 e. The zero-order valence-corrected chi connectivity index (χ0v) is 8.84. The molecule has 1 aromatic rings. The van der Waals surface area contributed by atoms with Gasteiger partial charge in [-0.25, -0.2) is 0 Å². The summed E-state index contributed by atoms with van der Waals surface area (Å²) in [7, 11) is 1.61. The number of carbonyl (C=O) groups is 1. The molecule has 0 fully saturated rings. The number of amides is 1. The van der Waals surface area contributed by atoms with Crippen molar-refractivity contribution >= 4 is 17.0 Å². The molecule has 0 heterocycles. The Balaban J connectivity index is 2.27. The fourth-order valence-electron chi connectivity index (χ4n) is 0.887. The van der Waals surface area contributed by atoms with Crippen LogP contribution in [0.25, 0.3) is 0 Å². The number of benzene rings is 1. The summed E-state index contributed by atoms with van der Waals surface area (Å²) in [6.07, 6.45) is 0. The summed E-state index contributed by atoms with van der Waals surface area (Å²) in [5.41, 5.74) is 0. The molecule has 76 valence electrons. The van der Waals surface area contributed by atoms with Crippen LogP contribution in [-0.2, 0) is 4.74 Å². The fourth-order valence-corrected chi connectivity index (χ4v) is 1.57. The first kappa shape index (κ1) is 11.1. The molecule has 3 nitrogen and oxygen atoms in total. The van der Waals surface area contributed by atoms with E-state index in [4.69, 9.17) is 4.74 Å². The SMILES string of the molecule is COCCNC(=O)Sc1ccccc1. The van der Waals surface area contributed by atoms with Crippen molar-refractivity contribution in [3.8, 4) is 0 Å². The third kappa shape index (κ3) is 4.30. The molecule has 1 aromatic carbocycles. The first-order valence-corrected chi connectivity index (χ1v) is 5.14. The number of thioether (sulfide) groups is 1. The maximum Gasteiger partial charge on any atom is 0.283 e. The van der Waals surface area contributed by atoms with Gasteiger partial charge in [-0.05, 0) is 23.9 Å². The molecule has 0 saturated carbocycles. The Morgan fingerprint density at radius 2 is 2.14 bits per heavy atom. The normalized spacial score (nSPS) is 9.79. The van der Waals surface area contributed by atoms with Gasteiger partial charge in [-0.15, -0.1) is 0 Å². The van der Waals surface area contributed by atoms with Gasteiger partial charge in [0.2, 0.25) is 0 Å². The van der Waals surface area contributed by atoms with Gasteiger partial charge >= 0.3 is 0 Å². The van der Waals surface area contributed by atoms with Gasteiger partial charge in [0, 0.05) is 18.6 Å². The van der Waals surface area contributed by atoms with E-state index >= 15 is 0 Å². The zero-order chi connectivity index (χ0) is 10.2. The van der Waals surface area contributed by atoms with Gasteiger partial charge in [0.05, 0.1) is 6.61 Å². The second-order valence-corrected chi connectivity index (χ2v) is 3.67. The van der Waals surface area contributed by atoms with E-state index < -0.39 is 0 Å². The van der Waals surface area contributed by atoms with E-state index in [2.05, 4.69) is 5.32 Å². The van der Waals surface area contributed by atoms with Gasteiger partial charge in [0.15, 0.2) is 0 Å². The topological polar surface area (TPSA) is 38.3 Å². The summed E-state index contributed by atoms with van der Waals surface area (Å²) in [4.78, 5) is 12.2. The van der Waals surface area contributed by atoms with Crippen LogP contribution in [0.3, 0.4) is 0 Å². The molecular weight excluding hydrogens is 198 g/mol. The van der Waals surface area contributed by atoms with Crippen molar-refractivity contribution in [1.82, 2.24) is 5.32 Å². The van der Waals surface area contributed by atoms with Crippen LogP contribution >= 0.6 is 11.8 Å². The lowest BCUT2D eigenvalue weighted by Crippen LogP contribution is -2.22. The van der Waals surface area contributed by atoms with Gasteiger partial charge < -0.3 is 10.1 Å². The minimum atomic E-state index is -0.0479. The molecule has 0 unspecified atom stereocenters. The second-order valence-electron chi connectivity index (χ2n) is 2.62. The Kier molecular flexibility index (Phi) is 5.11. The lowest BCUT2D eigenvalue weighted by molar-refractivity contribution is 0.199. The van der Waals surface area contributed by atoms with Crippen LogP contribution in [0.5, 0.6) is 0 Å². The van der Waals surface area contributed by atoms with Crippen LogP contribution in [-0.4, -0.2) is 25.5 Å². The molecule has 0 atom stereocenters. The average Bonchev–Trinajstić information content (AvgIpc) is 2.20. The van der Waals surface area contributed by atoms with Crippen LogP contribution in [0, 0.1) is 0 Å². The van der Waals surface area contributed by atoms with E-state index in [9.17, 15) is 4.79 Å². The fraction of sp³-hybridized carbons (Fsp3) is 0.300. The molecule has 0 saturated heterocycles. The zero-order valence-electron chi connectivity index (χ0n) is 8.03. The molecule has 0 bridgehead atoms. The van der Waals surface area contributed by atoms with E-state index in [-0.39, 0.29) is 5.24 Å². The Hall–Kier alpha value is -1.00. The lowest BCUT2D eigenvalue weighted by Gasteiger charge is -2.03. The molecule has 0 radical (unpaired) electrons. The Morgan fingerprint density at radius 3 is 2.79 bits per heavy atom. The quantitative estimate of drug-likeness (QED) is 0.612. The highest BCUT2D eigenvalue weighted by atomic mass is 32.2. The Labute approximate surface area is 87.8 Å². The standard InChI is InChI=1S/C10H13NO2S/c1-13-8-7-11-10(12)14-9-5-3-2-4-6-9/h2-6H,7-8H2,1H3,(H,11,12). The first-order valence-electron chi connectivity index (χ1n) is 4.32. The van der Waals surface area contributed by atoms with Crippen molar-refractivity contribution in [1.29, 1.82) is 0 Å². The molecule has 0 spiro atoms. The van der Waals surface area contributed by atoms with Crippen molar-refractivity contribution in [2.45, 2.75) is 4.90 Å². The maximum absolute atomic E-state index is 11.3. The predicted molar refractivity (Wildman–Crippen MR) is 57.6 cm³/mol. The van der Waals surface area contributed by atoms with Crippen LogP contribution < -0.4 is 5.32 Å². The number of nitrogens with one attached hydrogen (secondary N) is 1. The predicted octanol–water partition coefficient (Wildman–Crippen LogP) is 2.13. The van der Waals surface area contributed by atoms with Gasteiger partial charge in [-0.2, -0.15) is 0 Å². The number of hydrogen-bond donors (Lipinski definition) is 1. The van der Waals surface area contributed by atoms with E-state index in [1.807, 2.05) is 30.3 Å². The number of carbonyl (C=O) groups excluding carboxylic acids is 1. The van der Waals surface area contributed by atoms with Gasteiger partial charge in [-0.3, -0.25) is 4.79 Å². The van der Waals surface area contributed by atoms with E-state index in [1.165, 1.54) is 11.8 Å². The summed E-state index contributed by atoms with van der Waals surface area (Å²) in [5, 5.41) is 2.68. The van der Waals surface area contributed by atoms with Gasteiger partial charge in [-0.1, -0.05) is 18.2 Å². The summed E-state index contributed by atoms with van der Waals surface area (Å²) in [6, 6.07) is 9.55. The van der Waals surface area contributed by atoms with E-state index in [0.717, 1.165) is 4.90 Å². The van der Waals surface area contributed by atoms with Crippen LogP contribution in [0.15, 0.2) is 35.2 Å². The maximum atomic E-state index is 11.3. The molecule has 4 heteroatoms. The monoisotopic (exact) mass is 211 g/mol. The van der Waals surface area contributed by atoms with Crippen LogP contribution in [0.2, 0.25) is 0 Å². The molecule has 0 aliphatic rings. The number of hydrogen-bond acceptors (Lipinski definition) is 3. The van der Waals surface area contributed by atoms with Crippen molar-refractivity contribution in [2.75, 3.05) is 20.3 Å². The first-order chi connectivity index (χ1) is 6.83. The van der Waals surface area contributed by atoms with Crippen molar-refractivity contribution in [3.05, 3.63) is 30.3 Å². The number of ether oxygens (including phenoxy) is 1. The third-order valence-corrected chi connectivity index (χ3v) is 2.37. The average molecular weight is 211 g/mol. The summed E-state index contributed by atoms with van der Waals surface area (Å²) in [5.74, 6) is 0. The van der Waals surface area contributed by atoms with Crippen molar-refractivity contribution < 1.29 is 9.53 Å². The molecular formula is C10H13NO2S. The highest BCUT2D eigenvalue weighted by Crippen LogP contribution is 2.16. The van der Waals surface area contributed by atoms with Crippen LogP contribution in [0.1, 0.15) is 0 Å². The largest absolute Gasteiger partial charge is 0.383 e. The summed E-state index contributed by atoms with van der Waals surface area (Å²) >= 11 is 1.19. The Morgan fingerprint density at radius 1 is 1.43 bits per heavy atom. The minimum Gasteiger partial charge on any atom is -0.383 e. The highest BCUT2D eigenvalue weighted by molar-refractivity contribution is 8.13. The lowest BCUT2D eigenvalue weighted by atomic mass is 10.4. The molecule has 0 aliphatic heterocycles. The summed E-state index contributed by atoms with van der Waals surface area (Å²) in [6.45, 7) is 1.09. The van der Waals surface area contributed by atoms with E-state index in [0.29, 0.717) is 13.2 Å².